The van der Waals surface area contributed by atoms with E-state index in [-0.39, 0.29) is 0 Å². The molecule has 6 unspecified atom stereocenters. The van der Waals surface area contributed by atoms with Crippen LogP contribution in [0, 0.1) is 39.4 Å². The van der Waals surface area contributed by atoms with Gasteiger partial charge in [-0.15, -0.1) is 0 Å². The Morgan fingerprint density at radius 2 is 1.78 bits per heavy atom. The number of fused-ring (bicyclic) bond motifs is 2. The third kappa shape index (κ3) is 2.72. The van der Waals surface area contributed by atoms with E-state index in [9.17, 15) is 4.79 Å². The predicted molar refractivity (Wildman–Crippen MR) is 116 cm³/mol. The van der Waals surface area contributed by atoms with Gasteiger partial charge in [-0.2, -0.15) is 0 Å². The van der Waals surface area contributed by atoms with E-state index in [0.717, 1.165) is 30.3 Å². The maximum atomic E-state index is 11.2. The van der Waals surface area contributed by atoms with Gasteiger partial charge < -0.3 is 5.41 Å². The van der Waals surface area contributed by atoms with Crippen LogP contribution >= 0.6 is 0 Å². The van der Waals surface area contributed by atoms with Crippen molar-refractivity contribution in [2.24, 2.45) is 34.0 Å². The first-order valence-corrected chi connectivity index (χ1v) is 11.7. The number of rotatable bonds is 4. The van der Waals surface area contributed by atoms with Crippen molar-refractivity contribution in [3.8, 4) is 0 Å². The van der Waals surface area contributed by atoms with Crippen molar-refractivity contribution in [2.45, 2.75) is 99.8 Å². The zero-order chi connectivity index (χ0) is 20.5. The molecule has 2 heteroatoms. The second-order valence-electron chi connectivity index (χ2n) is 9.05. The number of carbonyl (C=O) groups is 1. The van der Waals surface area contributed by atoms with E-state index in [4.69, 9.17) is 5.41 Å². The topological polar surface area (TPSA) is 40.9 Å². The number of nitrogens with one attached hydrogen (secondary N) is 1. The Morgan fingerprint density at radius 1 is 1.11 bits per heavy atom. The summed E-state index contributed by atoms with van der Waals surface area (Å²) in [5.74, 6) is 2.11. The molecule has 2 nitrogen and oxygen atoms in total. The van der Waals surface area contributed by atoms with Gasteiger partial charge in [0.25, 0.3) is 0 Å². The fourth-order valence-electron chi connectivity index (χ4n) is 8.31. The summed E-state index contributed by atoms with van der Waals surface area (Å²) >= 11 is 0. The Hall–Kier alpha value is -0.920. The van der Waals surface area contributed by atoms with Crippen LogP contribution in [0.25, 0.3) is 0 Å². The van der Waals surface area contributed by atoms with Gasteiger partial charge in [0.15, 0.2) is 0 Å². The molecule has 0 bridgehead atoms. The van der Waals surface area contributed by atoms with Crippen molar-refractivity contribution in [3.05, 3.63) is 11.6 Å². The van der Waals surface area contributed by atoms with Crippen molar-refractivity contribution in [3.63, 3.8) is 0 Å². The predicted octanol–water partition coefficient (Wildman–Crippen LogP) is 7.23. The minimum Gasteiger partial charge on any atom is -0.310 e. The monoisotopic (exact) mass is 373 g/mol. The van der Waals surface area contributed by atoms with E-state index < -0.39 is 0 Å². The number of allylic oxidation sites excluding steroid dienone is 2. The first kappa shape index (κ1) is 22.4. The van der Waals surface area contributed by atoms with Crippen molar-refractivity contribution in [2.75, 3.05) is 0 Å². The molecule has 4 aliphatic rings. The van der Waals surface area contributed by atoms with E-state index in [1.807, 2.05) is 40.7 Å². The number of aldehydes is 1. The summed E-state index contributed by atoms with van der Waals surface area (Å²) in [6.07, 6.45) is 13.1. The minimum atomic E-state index is 0.342. The summed E-state index contributed by atoms with van der Waals surface area (Å²) in [7, 11) is 0. The molecule has 0 saturated heterocycles. The van der Waals surface area contributed by atoms with Crippen molar-refractivity contribution < 1.29 is 4.79 Å². The van der Waals surface area contributed by atoms with Gasteiger partial charge in [-0.25, -0.2) is 0 Å². The third-order valence-electron chi connectivity index (χ3n) is 8.71. The summed E-state index contributed by atoms with van der Waals surface area (Å²) in [5, 5.41) is 8.28. The van der Waals surface area contributed by atoms with Gasteiger partial charge in [0, 0.05) is 17.0 Å². The van der Waals surface area contributed by atoms with Crippen molar-refractivity contribution >= 4 is 12.0 Å². The molecule has 4 rings (SSSR count). The molecule has 6 atom stereocenters. The van der Waals surface area contributed by atoms with Crippen LogP contribution in [0.3, 0.4) is 0 Å². The van der Waals surface area contributed by atoms with Gasteiger partial charge in [0.1, 0.15) is 6.29 Å². The highest BCUT2D eigenvalue weighted by atomic mass is 16.1. The molecule has 27 heavy (non-hydrogen) atoms. The molecular weight excluding hydrogens is 330 g/mol. The van der Waals surface area contributed by atoms with Gasteiger partial charge in [0.05, 0.1) is 0 Å². The average Bonchev–Trinajstić information content (AvgIpc) is 2.91. The Bertz CT molecular complexity index is 593. The highest BCUT2D eigenvalue weighted by molar-refractivity contribution is 5.82. The molecule has 0 heterocycles. The smallest absolute Gasteiger partial charge is 0.142 e. The van der Waals surface area contributed by atoms with E-state index in [1.165, 1.54) is 50.5 Å². The van der Waals surface area contributed by atoms with E-state index in [2.05, 4.69) is 13.8 Å². The van der Waals surface area contributed by atoms with Crippen LogP contribution < -0.4 is 0 Å². The van der Waals surface area contributed by atoms with Crippen LogP contribution in [0.2, 0.25) is 0 Å². The van der Waals surface area contributed by atoms with Crippen molar-refractivity contribution in [1.82, 2.24) is 0 Å². The molecule has 0 radical (unpaired) electrons. The molecular formula is C25H43NO. The van der Waals surface area contributed by atoms with Gasteiger partial charge in [-0.3, -0.25) is 4.79 Å². The second-order valence-corrected chi connectivity index (χ2v) is 9.05. The second kappa shape index (κ2) is 8.21. The molecule has 0 aliphatic heterocycles. The van der Waals surface area contributed by atoms with Crippen LogP contribution in [0.5, 0.6) is 0 Å². The molecule has 1 spiro atoms. The maximum absolute atomic E-state index is 11.2. The Balaban J connectivity index is 0.000000614. The molecule has 0 amide bonds. The average molecular weight is 374 g/mol. The molecule has 0 aromatic carbocycles. The lowest BCUT2D eigenvalue weighted by Crippen LogP contribution is -2.40. The summed E-state index contributed by atoms with van der Waals surface area (Å²) < 4.78 is 0. The highest BCUT2D eigenvalue weighted by Crippen LogP contribution is 2.90. The largest absolute Gasteiger partial charge is 0.310 e. The van der Waals surface area contributed by atoms with Gasteiger partial charge in [-0.1, -0.05) is 53.5 Å². The van der Waals surface area contributed by atoms with E-state index in [1.54, 1.807) is 0 Å². The zero-order valence-corrected chi connectivity index (χ0v) is 19.0. The fraction of sp³-hybridized carbons (Fsp3) is 0.840. The van der Waals surface area contributed by atoms with Crippen LogP contribution in [0.4, 0.5) is 0 Å². The first-order valence-electron chi connectivity index (χ1n) is 11.7. The Labute approximate surface area is 168 Å². The van der Waals surface area contributed by atoms with Crippen LogP contribution in [-0.2, 0) is 4.79 Å². The minimum absolute atomic E-state index is 0.342. The molecule has 154 valence electrons. The van der Waals surface area contributed by atoms with Crippen LogP contribution in [0.1, 0.15) is 99.8 Å². The summed E-state index contributed by atoms with van der Waals surface area (Å²) in [5.41, 5.74) is 3.58. The van der Waals surface area contributed by atoms with Gasteiger partial charge >= 0.3 is 0 Å². The lowest BCUT2D eigenvalue weighted by atomic mass is 9.59. The SMILES string of the molecule is CC.CC.CCCC12/C(=C\C=O)CCC13C1CCC(C(C)=N)C1(C)CCC23. The van der Waals surface area contributed by atoms with E-state index in [0.29, 0.717) is 22.2 Å². The van der Waals surface area contributed by atoms with Crippen LogP contribution in [-0.4, -0.2) is 12.0 Å². The third-order valence-corrected chi connectivity index (χ3v) is 8.71. The number of hydrogen-bond acceptors (Lipinski definition) is 2. The van der Waals surface area contributed by atoms with Crippen molar-refractivity contribution in [1.29, 1.82) is 5.41 Å². The van der Waals surface area contributed by atoms with E-state index >= 15 is 0 Å². The molecule has 4 saturated carbocycles. The zero-order valence-electron chi connectivity index (χ0n) is 19.0. The standard InChI is InChI=1S/C21H31NO.2C2H6/c1-4-10-20-15(9-13-23)7-12-21(20)17-6-5-16(14(2)22)19(17,3)11-8-18(20)21;2*1-2/h9,13,16-18,22H,4-8,10-12H2,1-3H3;2*1-2H3/b15-9-,22-14?;;. The highest BCUT2D eigenvalue weighted by Gasteiger charge is 2.84. The Morgan fingerprint density at radius 3 is 2.33 bits per heavy atom. The summed E-state index contributed by atoms with van der Waals surface area (Å²) in [6, 6.07) is 0. The molecule has 0 aromatic rings. The Kier molecular flexibility index (Phi) is 6.80. The molecule has 4 fully saturated rings. The lowest BCUT2D eigenvalue weighted by Gasteiger charge is -2.45. The molecule has 4 aliphatic carbocycles. The summed E-state index contributed by atoms with van der Waals surface area (Å²) in [4.78, 5) is 11.2. The molecule has 0 aromatic heterocycles. The van der Waals surface area contributed by atoms with Gasteiger partial charge in [0.2, 0.25) is 0 Å². The van der Waals surface area contributed by atoms with Crippen LogP contribution in [0.15, 0.2) is 11.6 Å². The van der Waals surface area contributed by atoms with Gasteiger partial charge in [-0.05, 0) is 80.6 Å². The summed E-state index contributed by atoms with van der Waals surface area (Å²) in [6.45, 7) is 14.8. The number of carbonyl (C=O) groups excluding carboxylic acids is 1. The normalized spacial score (nSPS) is 44.7. The molecule has 1 N–H and O–H groups in total. The first-order chi connectivity index (χ1) is 13.0. The fourth-order valence-corrected chi connectivity index (χ4v) is 8.31. The number of hydrogen-bond donors (Lipinski definition) is 1. The maximum Gasteiger partial charge on any atom is 0.142 e. The quantitative estimate of drug-likeness (QED) is 0.315. The lowest BCUT2D eigenvalue weighted by molar-refractivity contribution is -0.104.